The summed E-state index contributed by atoms with van der Waals surface area (Å²) in [6.45, 7) is 5.21. The zero-order valence-corrected chi connectivity index (χ0v) is 16.7. The Labute approximate surface area is 165 Å². The number of hydrogen-bond acceptors (Lipinski definition) is 6. The number of likely N-dealkylation sites (tertiary alicyclic amines) is 1. The summed E-state index contributed by atoms with van der Waals surface area (Å²) in [5.41, 5.74) is 1.10. The first-order chi connectivity index (χ1) is 13.1. The van der Waals surface area contributed by atoms with E-state index in [9.17, 15) is 4.79 Å². The number of carbonyl (C=O) groups excluding carboxylic acids is 1. The van der Waals surface area contributed by atoms with Crippen LogP contribution < -0.4 is 14.8 Å². The van der Waals surface area contributed by atoms with Crippen LogP contribution in [0.15, 0.2) is 18.2 Å². The lowest BCUT2D eigenvalue weighted by atomic mass is 10.0. The first kappa shape index (κ1) is 19.7. The second-order valence-corrected chi connectivity index (χ2v) is 7.20. The first-order valence-electron chi connectivity index (χ1n) is 9.34. The van der Waals surface area contributed by atoms with Gasteiger partial charge in [0.2, 0.25) is 6.79 Å². The van der Waals surface area contributed by atoms with E-state index in [1.807, 2.05) is 18.2 Å². The minimum absolute atomic E-state index is 0.0803. The van der Waals surface area contributed by atoms with Crippen molar-refractivity contribution in [2.24, 2.45) is 0 Å². The molecule has 0 amide bonds. The third-order valence-corrected chi connectivity index (χ3v) is 5.25. The molecule has 27 heavy (non-hydrogen) atoms. The number of hydrogen-bond donors (Lipinski definition) is 1. The van der Waals surface area contributed by atoms with E-state index in [1.165, 1.54) is 0 Å². The van der Waals surface area contributed by atoms with Crippen LogP contribution in [0.2, 0.25) is 0 Å². The maximum atomic E-state index is 11.7. The lowest BCUT2D eigenvalue weighted by Crippen LogP contribution is -2.50. The molecule has 3 rings (SSSR count). The second kappa shape index (κ2) is 9.23. The van der Waals surface area contributed by atoms with Gasteiger partial charge in [0, 0.05) is 12.6 Å². The van der Waals surface area contributed by atoms with Crippen LogP contribution in [0.4, 0.5) is 0 Å². The number of esters is 1. The van der Waals surface area contributed by atoms with Gasteiger partial charge in [0.15, 0.2) is 16.6 Å². The molecule has 0 aromatic heterocycles. The molecule has 0 aliphatic carbocycles. The molecular weight excluding hydrogens is 366 g/mol. The summed E-state index contributed by atoms with van der Waals surface area (Å²) in [4.78, 5) is 16.2. The molecular formula is C19H27N3O4S. The Morgan fingerprint density at radius 2 is 2.07 bits per heavy atom. The zero-order valence-electron chi connectivity index (χ0n) is 15.9. The van der Waals surface area contributed by atoms with Crippen LogP contribution in [-0.4, -0.2) is 67.0 Å². The molecule has 2 aliphatic heterocycles. The standard InChI is InChI=1S/C19H27N3O4S/c1-3-24-18(23)11-20-19(27)22(15-6-8-21(2)9-7-15)12-14-4-5-16-17(10-14)26-13-25-16/h4-5,10,15H,3,6-9,11-13H2,1-2H3,(H,20,27). The Bertz CT molecular complexity index is 677. The zero-order chi connectivity index (χ0) is 19.2. The number of carbonyl (C=O) groups is 1. The molecule has 0 atom stereocenters. The number of rotatable bonds is 6. The van der Waals surface area contributed by atoms with Gasteiger partial charge >= 0.3 is 5.97 Å². The molecule has 0 saturated carbocycles. The predicted octanol–water partition coefficient (Wildman–Crippen LogP) is 1.75. The van der Waals surface area contributed by atoms with Crippen molar-refractivity contribution in [1.82, 2.24) is 15.1 Å². The average molecular weight is 394 g/mol. The molecule has 1 fully saturated rings. The van der Waals surface area contributed by atoms with Crippen LogP contribution in [0, 0.1) is 0 Å². The molecule has 0 unspecified atom stereocenters. The van der Waals surface area contributed by atoms with Gasteiger partial charge in [-0.05, 0) is 69.8 Å². The first-order valence-corrected chi connectivity index (χ1v) is 9.74. The Morgan fingerprint density at radius 3 is 2.81 bits per heavy atom. The van der Waals surface area contributed by atoms with Crippen molar-refractivity contribution in [2.45, 2.75) is 32.4 Å². The van der Waals surface area contributed by atoms with Gasteiger partial charge in [-0.1, -0.05) is 6.07 Å². The largest absolute Gasteiger partial charge is 0.465 e. The topological polar surface area (TPSA) is 63.3 Å². The maximum Gasteiger partial charge on any atom is 0.325 e. The highest BCUT2D eigenvalue weighted by Gasteiger charge is 2.26. The van der Waals surface area contributed by atoms with Gasteiger partial charge in [-0.25, -0.2) is 0 Å². The smallest absolute Gasteiger partial charge is 0.325 e. The van der Waals surface area contributed by atoms with E-state index in [2.05, 4.69) is 22.2 Å². The fourth-order valence-corrected chi connectivity index (χ4v) is 3.66. The van der Waals surface area contributed by atoms with Crippen molar-refractivity contribution in [3.63, 3.8) is 0 Å². The van der Waals surface area contributed by atoms with Gasteiger partial charge in [0.25, 0.3) is 0 Å². The number of nitrogens with zero attached hydrogens (tertiary/aromatic N) is 2. The van der Waals surface area contributed by atoms with E-state index >= 15 is 0 Å². The van der Waals surface area contributed by atoms with Gasteiger partial charge in [-0.15, -0.1) is 0 Å². The monoisotopic (exact) mass is 393 g/mol. The van der Waals surface area contributed by atoms with Crippen LogP contribution in [0.25, 0.3) is 0 Å². The molecule has 0 spiro atoms. The van der Waals surface area contributed by atoms with Gasteiger partial charge < -0.3 is 29.3 Å². The number of piperidine rings is 1. The molecule has 148 valence electrons. The third-order valence-electron chi connectivity index (χ3n) is 4.87. The Morgan fingerprint density at radius 1 is 1.33 bits per heavy atom. The molecule has 7 nitrogen and oxygen atoms in total. The fraction of sp³-hybridized carbons (Fsp3) is 0.579. The molecule has 0 radical (unpaired) electrons. The lowest BCUT2D eigenvalue weighted by molar-refractivity contribution is -0.141. The quantitative estimate of drug-likeness (QED) is 0.579. The number of nitrogens with one attached hydrogen (secondary N) is 1. The van der Waals surface area contributed by atoms with E-state index in [4.69, 9.17) is 26.4 Å². The summed E-state index contributed by atoms with van der Waals surface area (Å²) in [6, 6.07) is 6.29. The van der Waals surface area contributed by atoms with Crippen LogP contribution in [0.1, 0.15) is 25.3 Å². The van der Waals surface area contributed by atoms with E-state index in [1.54, 1.807) is 6.92 Å². The Balaban J connectivity index is 1.69. The molecule has 1 saturated heterocycles. The van der Waals surface area contributed by atoms with Crippen LogP contribution in [0.3, 0.4) is 0 Å². The maximum absolute atomic E-state index is 11.7. The van der Waals surface area contributed by atoms with Crippen molar-refractivity contribution in [2.75, 3.05) is 40.1 Å². The summed E-state index contributed by atoms with van der Waals surface area (Å²) in [7, 11) is 2.13. The summed E-state index contributed by atoms with van der Waals surface area (Å²) in [5, 5.41) is 3.64. The third kappa shape index (κ3) is 5.23. The SMILES string of the molecule is CCOC(=O)CNC(=S)N(Cc1ccc2c(c1)OCO2)C1CCN(C)CC1. The van der Waals surface area contributed by atoms with Crippen molar-refractivity contribution < 1.29 is 19.0 Å². The highest BCUT2D eigenvalue weighted by molar-refractivity contribution is 7.80. The Hall–Kier alpha value is -2.06. The van der Waals surface area contributed by atoms with Gasteiger partial charge in [0.05, 0.1) is 6.61 Å². The van der Waals surface area contributed by atoms with E-state index in [0.29, 0.717) is 24.3 Å². The van der Waals surface area contributed by atoms with Crippen molar-refractivity contribution in [3.8, 4) is 11.5 Å². The highest BCUT2D eigenvalue weighted by atomic mass is 32.1. The highest BCUT2D eigenvalue weighted by Crippen LogP contribution is 2.33. The molecule has 1 N–H and O–H groups in total. The fourth-order valence-electron chi connectivity index (χ4n) is 3.37. The minimum atomic E-state index is -0.300. The van der Waals surface area contributed by atoms with Gasteiger partial charge in [-0.3, -0.25) is 4.79 Å². The van der Waals surface area contributed by atoms with Crippen molar-refractivity contribution in [3.05, 3.63) is 23.8 Å². The lowest BCUT2D eigenvalue weighted by Gasteiger charge is -2.39. The van der Waals surface area contributed by atoms with Crippen LogP contribution in [-0.2, 0) is 16.1 Å². The molecule has 1 aromatic carbocycles. The summed E-state index contributed by atoms with van der Waals surface area (Å²) in [6.07, 6.45) is 2.06. The van der Waals surface area contributed by atoms with E-state index in [-0.39, 0.29) is 19.3 Å². The molecule has 2 heterocycles. The predicted molar refractivity (Wildman–Crippen MR) is 106 cm³/mol. The van der Waals surface area contributed by atoms with Gasteiger partial charge in [0.1, 0.15) is 6.54 Å². The van der Waals surface area contributed by atoms with Crippen molar-refractivity contribution >= 4 is 23.3 Å². The van der Waals surface area contributed by atoms with Crippen molar-refractivity contribution in [1.29, 1.82) is 0 Å². The molecule has 0 bridgehead atoms. The number of thiocarbonyl (C=S) groups is 1. The number of benzene rings is 1. The average Bonchev–Trinajstić information content (AvgIpc) is 3.13. The van der Waals surface area contributed by atoms with Crippen LogP contribution in [0.5, 0.6) is 11.5 Å². The Kier molecular flexibility index (Phi) is 6.73. The van der Waals surface area contributed by atoms with Gasteiger partial charge in [-0.2, -0.15) is 0 Å². The minimum Gasteiger partial charge on any atom is -0.465 e. The molecule has 8 heteroatoms. The van der Waals surface area contributed by atoms with E-state index in [0.717, 1.165) is 43.0 Å². The summed E-state index contributed by atoms with van der Waals surface area (Å²) >= 11 is 5.62. The summed E-state index contributed by atoms with van der Waals surface area (Å²) < 4.78 is 15.9. The van der Waals surface area contributed by atoms with E-state index < -0.39 is 0 Å². The normalized spacial score (nSPS) is 16.8. The second-order valence-electron chi connectivity index (χ2n) is 6.81. The molecule has 1 aromatic rings. The number of fused-ring (bicyclic) bond motifs is 1. The summed E-state index contributed by atoms with van der Waals surface area (Å²) in [5.74, 6) is 1.24. The number of ether oxygens (including phenoxy) is 3. The van der Waals surface area contributed by atoms with Crippen LogP contribution >= 0.6 is 12.2 Å². The molecule has 2 aliphatic rings.